The predicted octanol–water partition coefficient (Wildman–Crippen LogP) is 4.75. The number of hydrogen-bond acceptors (Lipinski definition) is 6. The van der Waals surface area contributed by atoms with Gasteiger partial charge in [-0.05, 0) is 36.4 Å². The van der Waals surface area contributed by atoms with Crippen LogP contribution in [-0.4, -0.2) is 22.3 Å². The van der Waals surface area contributed by atoms with E-state index in [4.69, 9.17) is 9.40 Å². The number of nitrogens with zero attached hydrogens (tertiary/aromatic N) is 2. The molecule has 0 spiro atoms. The van der Waals surface area contributed by atoms with E-state index in [0.29, 0.717) is 23.5 Å². The largest absolute Gasteiger partial charge is 0.464 e. The molecule has 0 bridgehead atoms. The van der Waals surface area contributed by atoms with Gasteiger partial charge in [-0.25, -0.2) is 4.98 Å². The van der Waals surface area contributed by atoms with Gasteiger partial charge < -0.3 is 14.3 Å². The minimum absolute atomic E-state index is 0.111. The highest BCUT2D eigenvalue weighted by Gasteiger charge is 2.19. The van der Waals surface area contributed by atoms with E-state index in [-0.39, 0.29) is 5.56 Å². The van der Waals surface area contributed by atoms with Crippen molar-refractivity contribution in [3.8, 4) is 11.3 Å². The lowest BCUT2D eigenvalue weighted by Gasteiger charge is -2.23. The number of aromatic amines is 1. The zero-order valence-corrected chi connectivity index (χ0v) is 16.1. The van der Waals surface area contributed by atoms with E-state index in [1.165, 1.54) is 21.9 Å². The minimum Gasteiger partial charge on any atom is -0.464 e. The quantitative estimate of drug-likeness (QED) is 0.542. The van der Waals surface area contributed by atoms with Crippen LogP contribution in [0.5, 0.6) is 0 Å². The van der Waals surface area contributed by atoms with Crippen molar-refractivity contribution in [3.05, 3.63) is 64.2 Å². The number of aromatic nitrogens is 2. The summed E-state index contributed by atoms with van der Waals surface area (Å²) in [6, 6.07) is 12.1. The lowest BCUT2D eigenvalue weighted by molar-refractivity contribution is 0.583. The fraction of sp³-hybridized carbons (Fsp3) is 0.200. The first-order valence-corrected chi connectivity index (χ1v) is 10.7. The summed E-state index contributed by atoms with van der Waals surface area (Å²) in [6.07, 6.45) is 2.72. The molecular formula is C20H17N3O2S2. The van der Waals surface area contributed by atoms with Gasteiger partial charge >= 0.3 is 0 Å². The molecule has 0 saturated carbocycles. The average molecular weight is 396 g/mol. The Kier molecular flexibility index (Phi) is 4.26. The van der Waals surface area contributed by atoms with Crippen molar-refractivity contribution in [3.63, 3.8) is 0 Å². The van der Waals surface area contributed by atoms with E-state index in [2.05, 4.69) is 34.1 Å². The normalized spacial score (nSPS) is 14.3. The second-order valence-electron chi connectivity index (χ2n) is 6.41. The fourth-order valence-corrected chi connectivity index (χ4v) is 5.39. The summed E-state index contributed by atoms with van der Waals surface area (Å²) in [7, 11) is 0. The molecule has 1 aromatic carbocycles. The summed E-state index contributed by atoms with van der Waals surface area (Å²) >= 11 is 3.37. The highest BCUT2D eigenvalue weighted by molar-refractivity contribution is 7.99. The van der Waals surface area contributed by atoms with Gasteiger partial charge in [0.1, 0.15) is 16.4 Å². The third-order valence-corrected chi connectivity index (χ3v) is 6.68. The van der Waals surface area contributed by atoms with E-state index >= 15 is 0 Å². The van der Waals surface area contributed by atoms with Gasteiger partial charge in [0.05, 0.1) is 23.9 Å². The van der Waals surface area contributed by atoms with Crippen LogP contribution < -0.4 is 10.5 Å². The Labute approximate surface area is 164 Å². The smallest absolute Gasteiger partial charge is 0.260 e. The Morgan fingerprint density at radius 3 is 3.04 bits per heavy atom. The van der Waals surface area contributed by atoms with Crippen LogP contribution >= 0.6 is 23.1 Å². The molecule has 136 valence electrons. The molecule has 1 aliphatic rings. The number of benzene rings is 1. The molecule has 1 aliphatic heterocycles. The molecule has 5 nitrogen and oxygen atoms in total. The molecule has 0 fully saturated rings. The third kappa shape index (κ3) is 3.07. The van der Waals surface area contributed by atoms with Gasteiger partial charge in [0.25, 0.3) is 5.56 Å². The number of hydrogen-bond donors (Lipinski definition) is 1. The summed E-state index contributed by atoms with van der Waals surface area (Å²) in [6.45, 7) is 1.55. The first-order chi connectivity index (χ1) is 13.3. The zero-order valence-electron chi connectivity index (χ0n) is 14.5. The number of rotatable bonds is 3. The summed E-state index contributed by atoms with van der Waals surface area (Å²) in [5, 5.41) is 2.54. The topological polar surface area (TPSA) is 62.1 Å². The number of anilines is 1. The van der Waals surface area contributed by atoms with E-state index in [1.807, 2.05) is 29.3 Å². The summed E-state index contributed by atoms with van der Waals surface area (Å²) in [5.74, 6) is 2.50. The van der Waals surface area contributed by atoms with Crippen molar-refractivity contribution in [2.45, 2.75) is 17.9 Å². The van der Waals surface area contributed by atoms with Crippen LogP contribution in [0, 0.1) is 0 Å². The maximum atomic E-state index is 12.8. The predicted molar refractivity (Wildman–Crippen MR) is 111 cm³/mol. The van der Waals surface area contributed by atoms with Crippen LogP contribution in [0.15, 0.2) is 62.1 Å². The van der Waals surface area contributed by atoms with Crippen LogP contribution in [-0.2, 0) is 6.54 Å². The Bertz CT molecular complexity index is 1150. The van der Waals surface area contributed by atoms with Crippen LogP contribution in [0.3, 0.4) is 0 Å². The summed E-state index contributed by atoms with van der Waals surface area (Å²) < 4.78 is 5.46. The molecule has 3 aromatic heterocycles. The van der Waals surface area contributed by atoms with Crippen molar-refractivity contribution in [2.75, 3.05) is 17.2 Å². The fourth-order valence-electron chi connectivity index (χ4n) is 3.43. The van der Waals surface area contributed by atoms with Gasteiger partial charge in [0, 0.05) is 22.4 Å². The van der Waals surface area contributed by atoms with Gasteiger partial charge in [-0.3, -0.25) is 4.79 Å². The zero-order chi connectivity index (χ0) is 18.2. The van der Waals surface area contributed by atoms with E-state index in [9.17, 15) is 4.79 Å². The van der Waals surface area contributed by atoms with E-state index < -0.39 is 0 Å². The van der Waals surface area contributed by atoms with E-state index in [1.54, 1.807) is 6.26 Å². The Morgan fingerprint density at radius 1 is 1.22 bits per heavy atom. The molecule has 0 radical (unpaired) electrons. The van der Waals surface area contributed by atoms with Gasteiger partial charge in [-0.1, -0.05) is 12.1 Å². The first-order valence-electron chi connectivity index (χ1n) is 8.80. The van der Waals surface area contributed by atoms with Gasteiger partial charge in [0.2, 0.25) is 0 Å². The van der Waals surface area contributed by atoms with Crippen LogP contribution in [0.2, 0.25) is 0 Å². The standard InChI is InChI=1S/C20H17N3O2S2/c24-19-18-13(15-6-3-9-25-15)12-27-20(18)22-17(21-19)11-23-8-4-10-26-16-7-2-1-5-14(16)23/h1-3,5-7,9,12H,4,8,10-11H2,(H,21,22,24). The number of thiophene rings is 1. The van der Waals surface area contributed by atoms with Gasteiger partial charge in [-0.15, -0.1) is 23.1 Å². The Hall–Kier alpha value is -2.51. The van der Waals surface area contributed by atoms with Crippen LogP contribution in [0.1, 0.15) is 12.2 Å². The van der Waals surface area contributed by atoms with Crippen molar-refractivity contribution >= 4 is 39.0 Å². The van der Waals surface area contributed by atoms with Crippen molar-refractivity contribution in [1.82, 2.24) is 9.97 Å². The molecule has 0 unspecified atom stereocenters. The summed E-state index contributed by atoms with van der Waals surface area (Å²) in [4.78, 5) is 24.8. The van der Waals surface area contributed by atoms with Crippen molar-refractivity contribution < 1.29 is 4.42 Å². The molecular weight excluding hydrogens is 378 g/mol. The molecule has 7 heteroatoms. The first kappa shape index (κ1) is 16.6. The van der Waals surface area contributed by atoms with Gasteiger partial charge in [0.15, 0.2) is 0 Å². The second kappa shape index (κ2) is 6.90. The molecule has 1 N–H and O–H groups in total. The molecule has 0 saturated heterocycles. The van der Waals surface area contributed by atoms with Crippen molar-refractivity contribution in [2.24, 2.45) is 0 Å². The minimum atomic E-state index is -0.111. The number of thioether (sulfide) groups is 1. The molecule has 4 heterocycles. The average Bonchev–Trinajstić information content (AvgIpc) is 3.30. The number of H-pyrrole nitrogens is 1. The number of furan rings is 1. The Morgan fingerprint density at radius 2 is 2.15 bits per heavy atom. The maximum absolute atomic E-state index is 12.8. The number of fused-ring (bicyclic) bond motifs is 2. The van der Waals surface area contributed by atoms with E-state index in [0.717, 1.165) is 29.1 Å². The maximum Gasteiger partial charge on any atom is 0.260 e. The summed E-state index contributed by atoms with van der Waals surface area (Å²) in [5.41, 5.74) is 1.90. The van der Waals surface area contributed by atoms with Crippen LogP contribution in [0.25, 0.3) is 21.5 Å². The lowest BCUT2D eigenvalue weighted by Crippen LogP contribution is -2.26. The highest BCUT2D eigenvalue weighted by Crippen LogP contribution is 2.34. The third-order valence-electron chi connectivity index (χ3n) is 4.66. The SMILES string of the molecule is O=c1[nH]c(CN2CCCSc3ccccc32)nc2scc(-c3ccco3)c12. The molecule has 4 aromatic rings. The second-order valence-corrected chi connectivity index (χ2v) is 8.41. The molecule has 0 amide bonds. The van der Waals surface area contributed by atoms with Gasteiger partial charge in [-0.2, -0.15) is 0 Å². The highest BCUT2D eigenvalue weighted by atomic mass is 32.2. The van der Waals surface area contributed by atoms with Crippen molar-refractivity contribution in [1.29, 1.82) is 0 Å². The molecule has 27 heavy (non-hydrogen) atoms. The molecule has 0 atom stereocenters. The number of nitrogens with one attached hydrogen (secondary N) is 1. The lowest BCUT2D eigenvalue weighted by atomic mass is 10.2. The Balaban J connectivity index is 1.53. The number of para-hydroxylation sites is 1. The molecule has 5 rings (SSSR count). The monoisotopic (exact) mass is 395 g/mol. The van der Waals surface area contributed by atoms with Crippen LogP contribution in [0.4, 0.5) is 5.69 Å². The molecule has 0 aliphatic carbocycles.